The number of halogens is 3. The second-order valence-electron chi connectivity index (χ2n) is 11.1. The number of nitrogens with zero attached hydrogens (tertiary/aromatic N) is 6. The number of hydrogen-bond acceptors (Lipinski definition) is 8. The van der Waals surface area contributed by atoms with Gasteiger partial charge in [0, 0.05) is 50.2 Å². The fourth-order valence-electron chi connectivity index (χ4n) is 4.21. The number of aromatic nitrogens is 2. The van der Waals surface area contributed by atoms with Crippen molar-refractivity contribution < 1.29 is 27.5 Å². The molecule has 0 aliphatic carbocycles. The summed E-state index contributed by atoms with van der Waals surface area (Å²) in [7, 11) is 0. The smallest absolute Gasteiger partial charge is 0.433 e. The van der Waals surface area contributed by atoms with Gasteiger partial charge in [-0.15, -0.1) is 0 Å². The van der Waals surface area contributed by atoms with E-state index < -0.39 is 29.1 Å². The van der Waals surface area contributed by atoms with Crippen LogP contribution in [-0.4, -0.2) is 87.9 Å². The van der Waals surface area contributed by atoms with Crippen molar-refractivity contribution in [2.75, 3.05) is 37.6 Å². The van der Waals surface area contributed by atoms with Gasteiger partial charge in [-0.1, -0.05) is 0 Å². The highest BCUT2D eigenvalue weighted by molar-refractivity contribution is 6.09. The minimum Gasteiger partial charge on any atom is -0.444 e. The van der Waals surface area contributed by atoms with Crippen molar-refractivity contribution in [2.24, 2.45) is 10.7 Å². The molecule has 0 bridgehead atoms. The van der Waals surface area contributed by atoms with E-state index in [-0.39, 0.29) is 42.3 Å². The summed E-state index contributed by atoms with van der Waals surface area (Å²) < 4.78 is 46.0. The zero-order valence-electron chi connectivity index (χ0n) is 22.7. The lowest BCUT2D eigenvalue weighted by atomic mass is 9.99. The number of piperazine rings is 1. The van der Waals surface area contributed by atoms with Crippen LogP contribution in [0.3, 0.4) is 0 Å². The molecule has 1 atom stereocenters. The molecule has 2 saturated heterocycles. The molecule has 1 aromatic rings. The van der Waals surface area contributed by atoms with Crippen LogP contribution in [0, 0.1) is 0 Å². The average molecular weight is 540 g/mol. The number of amides is 2. The van der Waals surface area contributed by atoms with Gasteiger partial charge in [-0.3, -0.25) is 14.7 Å². The van der Waals surface area contributed by atoms with E-state index in [1.807, 2.05) is 20.8 Å². The molecule has 10 nitrogen and oxygen atoms in total. The second kappa shape index (κ2) is 10.8. The molecule has 38 heavy (non-hydrogen) atoms. The van der Waals surface area contributed by atoms with Gasteiger partial charge in [0.25, 0.3) is 0 Å². The van der Waals surface area contributed by atoms with E-state index in [9.17, 15) is 22.8 Å². The monoisotopic (exact) mass is 539 g/mol. The quantitative estimate of drug-likeness (QED) is 0.571. The van der Waals surface area contributed by atoms with Gasteiger partial charge < -0.3 is 20.3 Å². The van der Waals surface area contributed by atoms with Crippen molar-refractivity contribution in [1.82, 2.24) is 19.8 Å². The van der Waals surface area contributed by atoms with Crippen LogP contribution in [0.15, 0.2) is 17.3 Å². The number of anilines is 1. The Balaban J connectivity index is 1.69. The first kappa shape index (κ1) is 29.2. The summed E-state index contributed by atoms with van der Waals surface area (Å²) in [5.74, 6) is -0.314. The number of allylic oxidation sites excluding steroid dienone is 1. The molecule has 0 aromatic carbocycles. The lowest BCUT2D eigenvalue weighted by molar-refractivity contribution is -0.141. The van der Waals surface area contributed by atoms with Crippen LogP contribution < -0.4 is 10.6 Å². The minimum absolute atomic E-state index is 0.0255. The molecule has 13 heteroatoms. The topological polar surface area (TPSA) is 117 Å². The predicted octanol–water partition coefficient (Wildman–Crippen LogP) is 3.32. The van der Waals surface area contributed by atoms with Crippen molar-refractivity contribution in [3.05, 3.63) is 23.7 Å². The van der Waals surface area contributed by atoms with Gasteiger partial charge >= 0.3 is 12.3 Å². The summed E-state index contributed by atoms with van der Waals surface area (Å²) >= 11 is 0. The highest BCUT2D eigenvalue weighted by atomic mass is 19.4. The number of aliphatic imine (C=N–C) groups is 1. The Bertz CT molecular complexity index is 1110. The van der Waals surface area contributed by atoms with Gasteiger partial charge in [0.2, 0.25) is 11.9 Å². The van der Waals surface area contributed by atoms with Gasteiger partial charge in [0.1, 0.15) is 12.1 Å². The summed E-state index contributed by atoms with van der Waals surface area (Å²) in [6.07, 6.45) is -1.93. The van der Waals surface area contributed by atoms with Crippen molar-refractivity contribution >= 4 is 29.7 Å². The molecule has 2 fully saturated rings. The zero-order chi connectivity index (χ0) is 28.5. The molecule has 0 saturated carbocycles. The summed E-state index contributed by atoms with van der Waals surface area (Å²) in [5.41, 5.74) is 3.41. The van der Waals surface area contributed by atoms with Crippen molar-refractivity contribution in [2.45, 2.75) is 71.3 Å². The summed E-state index contributed by atoms with van der Waals surface area (Å²) in [6.45, 7) is 12.1. The normalized spacial score (nSPS) is 20.5. The number of alkyl halides is 3. The molecule has 2 N–H and O–H groups in total. The number of rotatable bonds is 5. The lowest BCUT2D eigenvalue weighted by Gasteiger charge is -2.46. The largest absolute Gasteiger partial charge is 0.444 e. The van der Waals surface area contributed by atoms with Gasteiger partial charge in [0.05, 0.1) is 11.2 Å². The van der Waals surface area contributed by atoms with Crippen LogP contribution in [-0.2, 0) is 15.7 Å². The Morgan fingerprint density at radius 2 is 1.89 bits per heavy atom. The SMILES string of the molecule is C[C@H]1CCN1c1nc(C(C=NCC(=O)N2CCN(C(=O)OC(C)(C)C)C(C)(C)C2)=CN)cc(C(F)(F)F)n1. The van der Waals surface area contributed by atoms with Crippen LogP contribution in [0.5, 0.6) is 0 Å². The highest BCUT2D eigenvalue weighted by Crippen LogP contribution is 2.32. The molecule has 0 spiro atoms. The van der Waals surface area contributed by atoms with E-state index in [0.29, 0.717) is 19.6 Å². The number of ether oxygens (including phenoxy) is 1. The van der Waals surface area contributed by atoms with Crippen molar-refractivity contribution in [3.63, 3.8) is 0 Å². The Labute approximate surface area is 220 Å². The van der Waals surface area contributed by atoms with Crippen LogP contribution >= 0.6 is 0 Å². The maximum absolute atomic E-state index is 13.5. The molecule has 1 aromatic heterocycles. The maximum Gasteiger partial charge on any atom is 0.433 e. The molecule has 0 radical (unpaired) electrons. The first-order chi connectivity index (χ1) is 17.5. The molecule has 3 heterocycles. The number of hydrogen-bond donors (Lipinski definition) is 1. The molecule has 2 aliphatic heterocycles. The zero-order valence-corrected chi connectivity index (χ0v) is 22.7. The summed E-state index contributed by atoms with van der Waals surface area (Å²) in [5, 5.41) is 0. The van der Waals surface area contributed by atoms with E-state index in [1.165, 1.54) is 6.21 Å². The number of carbonyl (C=O) groups excluding carboxylic acids is 2. The number of nitrogens with two attached hydrogens (primary N) is 1. The molecular formula is C25H36F3N7O3. The molecule has 0 unspecified atom stereocenters. The Hall–Kier alpha value is -3.38. The Kier molecular flexibility index (Phi) is 8.27. The standard InChI is InChI=1S/C25H36F3N7O3/c1-16-7-8-34(16)21-31-18(11-19(32-21)25(26,27)28)17(12-29)13-30-14-20(36)33-9-10-35(24(5,6)15-33)22(37)38-23(2,3)4/h11-13,16H,7-10,14-15,29H2,1-6H3/t16-/m0/s1. The molecule has 3 rings (SSSR count). The third-order valence-electron chi connectivity index (χ3n) is 6.38. The first-order valence-electron chi connectivity index (χ1n) is 12.5. The Morgan fingerprint density at radius 1 is 1.21 bits per heavy atom. The van der Waals surface area contributed by atoms with E-state index in [0.717, 1.165) is 18.7 Å². The van der Waals surface area contributed by atoms with Crippen LogP contribution in [0.1, 0.15) is 59.4 Å². The van der Waals surface area contributed by atoms with E-state index >= 15 is 0 Å². The summed E-state index contributed by atoms with van der Waals surface area (Å²) in [4.78, 5) is 42.4. The third-order valence-corrected chi connectivity index (χ3v) is 6.38. The van der Waals surface area contributed by atoms with Crippen molar-refractivity contribution in [3.8, 4) is 0 Å². The molecule has 210 valence electrons. The average Bonchev–Trinajstić information content (AvgIpc) is 2.78. The van der Waals surface area contributed by atoms with E-state index in [1.54, 1.807) is 35.5 Å². The van der Waals surface area contributed by atoms with E-state index in [2.05, 4.69) is 15.0 Å². The van der Waals surface area contributed by atoms with Crippen molar-refractivity contribution in [1.29, 1.82) is 0 Å². The third kappa shape index (κ3) is 6.93. The van der Waals surface area contributed by atoms with Gasteiger partial charge in [-0.2, -0.15) is 13.2 Å². The second-order valence-corrected chi connectivity index (χ2v) is 11.1. The first-order valence-corrected chi connectivity index (χ1v) is 12.5. The van der Waals surface area contributed by atoms with Crippen LogP contribution in [0.2, 0.25) is 0 Å². The number of carbonyl (C=O) groups is 2. The Morgan fingerprint density at radius 3 is 2.39 bits per heavy atom. The molecule has 2 amide bonds. The van der Waals surface area contributed by atoms with Crippen LogP contribution in [0.4, 0.5) is 23.9 Å². The fraction of sp³-hybridized carbons (Fsp3) is 0.640. The minimum atomic E-state index is -4.67. The lowest BCUT2D eigenvalue weighted by Crippen LogP contribution is -2.62. The van der Waals surface area contributed by atoms with Crippen LogP contribution in [0.25, 0.3) is 5.57 Å². The highest BCUT2D eigenvalue weighted by Gasteiger charge is 2.40. The van der Waals surface area contributed by atoms with Gasteiger partial charge in [-0.05, 0) is 54.0 Å². The van der Waals surface area contributed by atoms with Gasteiger partial charge in [0.15, 0.2) is 5.69 Å². The fourth-order valence-corrected chi connectivity index (χ4v) is 4.21. The maximum atomic E-state index is 13.5. The predicted molar refractivity (Wildman–Crippen MR) is 138 cm³/mol. The van der Waals surface area contributed by atoms with Gasteiger partial charge in [-0.25, -0.2) is 14.8 Å². The van der Waals surface area contributed by atoms with E-state index in [4.69, 9.17) is 10.5 Å². The summed E-state index contributed by atoms with van der Waals surface area (Å²) in [6, 6.07) is 0.849. The molecular weight excluding hydrogens is 503 g/mol. The molecule has 2 aliphatic rings.